The van der Waals surface area contributed by atoms with Crippen LogP contribution in [0.25, 0.3) is 0 Å². The molecule has 0 aliphatic heterocycles. The number of rotatable bonds is 9. The van der Waals surface area contributed by atoms with Crippen molar-refractivity contribution in [2.45, 2.75) is 30.2 Å². The fraction of sp³-hybridized carbons (Fsp3) is 0.263. The summed E-state index contributed by atoms with van der Waals surface area (Å²) in [7, 11) is -3.49. The maximum atomic E-state index is 12.1. The molecule has 8 nitrogen and oxygen atoms in total. The zero-order chi connectivity index (χ0) is 20.0. The van der Waals surface area contributed by atoms with E-state index in [1.165, 1.54) is 12.1 Å². The summed E-state index contributed by atoms with van der Waals surface area (Å²) in [6.07, 6.45) is 2.06. The third-order valence-corrected chi connectivity index (χ3v) is 5.52. The summed E-state index contributed by atoms with van der Waals surface area (Å²) in [5.74, 6) is 0.128. The van der Waals surface area contributed by atoms with Crippen molar-refractivity contribution in [2.75, 3.05) is 12.0 Å². The van der Waals surface area contributed by atoms with Crippen LogP contribution in [0.15, 0.2) is 53.4 Å². The van der Waals surface area contributed by atoms with Crippen molar-refractivity contribution in [1.82, 2.24) is 10.1 Å². The number of nitrogens with one attached hydrogen (secondary N) is 3. The van der Waals surface area contributed by atoms with E-state index in [1.54, 1.807) is 36.4 Å². The van der Waals surface area contributed by atoms with Gasteiger partial charge in [0.2, 0.25) is 10.0 Å². The number of sulfonamides is 1. The first-order valence-electron chi connectivity index (χ1n) is 8.72. The number of hydrogen-bond acceptors (Lipinski definition) is 6. The van der Waals surface area contributed by atoms with Crippen molar-refractivity contribution in [3.63, 3.8) is 0 Å². The zero-order valence-corrected chi connectivity index (χ0v) is 15.8. The predicted octanol–water partition coefficient (Wildman–Crippen LogP) is 1.72. The van der Waals surface area contributed by atoms with Crippen LogP contribution < -0.4 is 20.3 Å². The van der Waals surface area contributed by atoms with Crippen molar-refractivity contribution in [1.29, 1.82) is 5.26 Å². The van der Waals surface area contributed by atoms with E-state index in [0.29, 0.717) is 17.9 Å². The van der Waals surface area contributed by atoms with Gasteiger partial charge in [-0.3, -0.25) is 15.6 Å². The number of nitriles is 1. The fourth-order valence-corrected chi connectivity index (χ4v) is 3.63. The Morgan fingerprint density at radius 1 is 1.11 bits per heavy atom. The molecule has 0 spiro atoms. The van der Waals surface area contributed by atoms with Crippen LogP contribution in [0.3, 0.4) is 0 Å². The molecule has 2 aromatic rings. The molecule has 3 rings (SSSR count). The molecule has 146 valence electrons. The normalized spacial score (nSPS) is 13.4. The Labute approximate surface area is 163 Å². The Kier molecular flexibility index (Phi) is 6.13. The van der Waals surface area contributed by atoms with Crippen LogP contribution in [0.5, 0.6) is 5.75 Å². The summed E-state index contributed by atoms with van der Waals surface area (Å²) in [5.41, 5.74) is 6.60. The number of carbonyl (C=O) groups excluding carboxylic acids is 1. The molecule has 1 amide bonds. The van der Waals surface area contributed by atoms with Crippen molar-refractivity contribution < 1.29 is 17.9 Å². The summed E-state index contributed by atoms with van der Waals surface area (Å²) in [6.45, 7) is -0.192. The van der Waals surface area contributed by atoms with Crippen molar-refractivity contribution in [3.05, 3.63) is 54.1 Å². The summed E-state index contributed by atoms with van der Waals surface area (Å²) < 4.78 is 32.2. The monoisotopic (exact) mass is 400 g/mol. The fourth-order valence-electron chi connectivity index (χ4n) is 2.33. The first-order valence-corrected chi connectivity index (χ1v) is 10.2. The Morgan fingerprint density at radius 2 is 1.79 bits per heavy atom. The number of ether oxygens (including phenoxy) is 1. The summed E-state index contributed by atoms with van der Waals surface area (Å²) in [5, 5.41) is 8.64. The molecule has 1 saturated carbocycles. The molecule has 0 radical (unpaired) electrons. The Morgan fingerprint density at radius 3 is 2.39 bits per heavy atom. The molecule has 0 heterocycles. The number of amides is 1. The average Bonchev–Trinajstić information content (AvgIpc) is 3.50. The largest absolute Gasteiger partial charge is 0.484 e. The first-order chi connectivity index (χ1) is 13.5. The van der Waals surface area contributed by atoms with E-state index in [2.05, 4.69) is 21.6 Å². The second-order valence-corrected chi connectivity index (χ2v) is 8.07. The van der Waals surface area contributed by atoms with E-state index < -0.39 is 15.9 Å². The van der Waals surface area contributed by atoms with Gasteiger partial charge in [-0.05, 0) is 54.8 Å². The van der Waals surface area contributed by atoms with E-state index in [4.69, 9.17) is 10.00 Å². The quantitative estimate of drug-likeness (QED) is 0.551. The van der Waals surface area contributed by atoms with Crippen LogP contribution in [0.4, 0.5) is 5.69 Å². The molecule has 2 aromatic carbocycles. The summed E-state index contributed by atoms with van der Waals surface area (Å²) in [6, 6.07) is 15.1. The second kappa shape index (κ2) is 8.73. The highest BCUT2D eigenvalue weighted by atomic mass is 32.2. The van der Waals surface area contributed by atoms with Crippen LogP contribution in [0, 0.1) is 11.3 Å². The number of benzene rings is 2. The zero-order valence-electron chi connectivity index (χ0n) is 15.0. The van der Waals surface area contributed by atoms with Crippen LogP contribution in [-0.2, 0) is 21.2 Å². The van der Waals surface area contributed by atoms with Crippen LogP contribution >= 0.6 is 0 Å². The van der Waals surface area contributed by atoms with Gasteiger partial charge in [0.15, 0.2) is 6.61 Å². The van der Waals surface area contributed by atoms with Crippen molar-refractivity contribution in [3.8, 4) is 11.8 Å². The smallest absolute Gasteiger partial charge is 0.276 e. The highest BCUT2D eigenvalue weighted by Crippen LogP contribution is 2.22. The van der Waals surface area contributed by atoms with Crippen molar-refractivity contribution in [2.24, 2.45) is 0 Å². The maximum Gasteiger partial charge on any atom is 0.276 e. The molecule has 1 fully saturated rings. The van der Waals surface area contributed by atoms with Gasteiger partial charge in [0.25, 0.3) is 5.91 Å². The van der Waals surface area contributed by atoms with E-state index in [9.17, 15) is 13.2 Å². The number of nitrogens with zero attached hydrogens (tertiary/aromatic N) is 1. The lowest BCUT2D eigenvalue weighted by atomic mass is 10.2. The standard InChI is InChI=1S/C19H20N4O4S/c20-12-11-14-1-7-17(8-2-14)27-13-19(24)22-21-15-5-9-18(10-6-15)28(25,26)23-16-3-4-16/h1-2,5-10,16,21,23H,3-4,11,13H2,(H,22,24). The minimum absolute atomic E-state index is 0.0460. The van der Waals surface area contributed by atoms with Gasteiger partial charge in [-0.15, -0.1) is 0 Å². The van der Waals surface area contributed by atoms with Gasteiger partial charge in [-0.25, -0.2) is 13.1 Å². The Balaban J connectivity index is 1.44. The molecule has 1 aliphatic carbocycles. The molecule has 9 heteroatoms. The first kappa shape index (κ1) is 19.7. The number of hydrogen-bond donors (Lipinski definition) is 3. The number of hydrazine groups is 1. The molecule has 3 N–H and O–H groups in total. The van der Waals surface area contributed by atoms with Gasteiger partial charge >= 0.3 is 0 Å². The predicted molar refractivity (Wildman–Crippen MR) is 103 cm³/mol. The topological polar surface area (TPSA) is 120 Å². The summed E-state index contributed by atoms with van der Waals surface area (Å²) in [4.78, 5) is 12.0. The van der Waals surface area contributed by atoms with Gasteiger partial charge in [-0.1, -0.05) is 12.1 Å². The lowest BCUT2D eigenvalue weighted by Crippen LogP contribution is -2.33. The third kappa shape index (κ3) is 5.70. The second-order valence-electron chi connectivity index (χ2n) is 6.36. The molecule has 0 saturated heterocycles. The molecular weight excluding hydrogens is 380 g/mol. The minimum Gasteiger partial charge on any atom is -0.484 e. The van der Waals surface area contributed by atoms with Gasteiger partial charge < -0.3 is 4.74 Å². The van der Waals surface area contributed by atoms with Crippen LogP contribution in [-0.4, -0.2) is 27.0 Å². The Bertz CT molecular complexity index is 962. The highest BCUT2D eigenvalue weighted by molar-refractivity contribution is 7.89. The van der Waals surface area contributed by atoms with Crippen LogP contribution in [0.1, 0.15) is 18.4 Å². The maximum absolute atomic E-state index is 12.1. The minimum atomic E-state index is -3.49. The third-order valence-electron chi connectivity index (χ3n) is 3.99. The molecule has 0 bridgehead atoms. The van der Waals surface area contributed by atoms with Crippen molar-refractivity contribution >= 4 is 21.6 Å². The van der Waals surface area contributed by atoms with Gasteiger partial charge in [0.1, 0.15) is 5.75 Å². The lowest BCUT2D eigenvalue weighted by Gasteiger charge is -2.11. The molecular formula is C19H20N4O4S. The Hall–Kier alpha value is -3.09. The molecule has 0 unspecified atom stereocenters. The van der Waals surface area contributed by atoms with Crippen LogP contribution in [0.2, 0.25) is 0 Å². The molecule has 0 aromatic heterocycles. The van der Waals surface area contributed by atoms with E-state index >= 15 is 0 Å². The van der Waals surface area contributed by atoms with E-state index in [0.717, 1.165) is 18.4 Å². The number of anilines is 1. The molecule has 28 heavy (non-hydrogen) atoms. The SMILES string of the molecule is N#CCc1ccc(OCC(=O)NNc2ccc(S(=O)(=O)NC3CC3)cc2)cc1. The lowest BCUT2D eigenvalue weighted by molar-refractivity contribution is -0.122. The van der Waals surface area contributed by atoms with Gasteiger partial charge in [-0.2, -0.15) is 5.26 Å². The average molecular weight is 400 g/mol. The van der Waals surface area contributed by atoms with Gasteiger partial charge in [0, 0.05) is 6.04 Å². The highest BCUT2D eigenvalue weighted by Gasteiger charge is 2.27. The molecule has 1 aliphatic rings. The summed E-state index contributed by atoms with van der Waals surface area (Å²) >= 11 is 0. The van der Waals surface area contributed by atoms with E-state index in [1.807, 2.05) is 0 Å². The molecule has 0 atom stereocenters. The number of carbonyl (C=O) groups is 1. The van der Waals surface area contributed by atoms with Gasteiger partial charge in [0.05, 0.1) is 23.1 Å². The van der Waals surface area contributed by atoms with E-state index in [-0.39, 0.29) is 17.5 Å².